The lowest BCUT2D eigenvalue weighted by Gasteiger charge is -2.29. The molecule has 4 nitrogen and oxygen atoms in total. The molecule has 2 heterocycles. The third-order valence-electron chi connectivity index (χ3n) is 2.26. The van der Waals surface area contributed by atoms with Crippen molar-refractivity contribution < 1.29 is 4.74 Å². The minimum Gasteiger partial charge on any atom is -0.379 e. The van der Waals surface area contributed by atoms with Gasteiger partial charge in [0.25, 0.3) is 0 Å². The second-order valence-corrected chi connectivity index (χ2v) is 3.81. The van der Waals surface area contributed by atoms with Crippen molar-refractivity contribution in [3.8, 4) is 6.07 Å². The molecule has 1 aliphatic heterocycles. The van der Waals surface area contributed by atoms with Crippen molar-refractivity contribution in [2.24, 2.45) is 0 Å². The van der Waals surface area contributed by atoms with Crippen molar-refractivity contribution in [1.29, 1.82) is 5.26 Å². The third-order valence-corrected chi connectivity index (χ3v) is 2.87. The van der Waals surface area contributed by atoms with Crippen LogP contribution in [0.1, 0.15) is 11.7 Å². The first-order chi connectivity index (χ1) is 6.92. The van der Waals surface area contributed by atoms with E-state index in [9.17, 15) is 0 Å². The van der Waals surface area contributed by atoms with E-state index in [-0.39, 0.29) is 6.04 Å². The minimum atomic E-state index is -0.204. The molecule has 1 fully saturated rings. The Balaban J connectivity index is 2.09. The van der Waals surface area contributed by atoms with Gasteiger partial charge in [0.2, 0.25) is 0 Å². The molecule has 1 aromatic rings. The van der Waals surface area contributed by atoms with Gasteiger partial charge < -0.3 is 4.74 Å². The summed E-state index contributed by atoms with van der Waals surface area (Å²) in [6.07, 6.45) is 0. The number of nitriles is 1. The van der Waals surface area contributed by atoms with Crippen LogP contribution in [-0.4, -0.2) is 36.2 Å². The second-order valence-electron chi connectivity index (χ2n) is 3.09. The van der Waals surface area contributed by atoms with E-state index in [4.69, 9.17) is 10.00 Å². The van der Waals surface area contributed by atoms with Crippen LogP contribution in [-0.2, 0) is 4.74 Å². The lowest BCUT2D eigenvalue weighted by Crippen LogP contribution is -2.38. The van der Waals surface area contributed by atoms with Gasteiger partial charge in [0.15, 0.2) is 0 Å². The van der Waals surface area contributed by atoms with Crippen LogP contribution in [0.4, 0.5) is 0 Å². The molecule has 0 amide bonds. The van der Waals surface area contributed by atoms with E-state index < -0.39 is 0 Å². The summed E-state index contributed by atoms with van der Waals surface area (Å²) in [5.74, 6) is 0. The molecule has 1 aliphatic rings. The summed E-state index contributed by atoms with van der Waals surface area (Å²) in [6.45, 7) is 3.05. The molecule has 0 aliphatic carbocycles. The molecule has 0 bridgehead atoms. The lowest BCUT2D eigenvalue weighted by atomic mass is 10.2. The molecule has 74 valence electrons. The van der Waals surface area contributed by atoms with E-state index in [1.54, 1.807) is 5.51 Å². The average Bonchev–Trinajstić information content (AvgIpc) is 2.74. The molecule has 1 saturated heterocycles. The molecule has 0 saturated carbocycles. The van der Waals surface area contributed by atoms with Gasteiger partial charge in [-0.15, -0.1) is 11.3 Å². The smallest absolute Gasteiger partial charge is 0.141 e. The van der Waals surface area contributed by atoms with Gasteiger partial charge in [-0.1, -0.05) is 0 Å². The molecular weight excluding hydrogens is 198 g/mol. The summed E-state index contributed by atoms with van der Waals surface area (Å²) in [4.78, 5) is 6.29. The van der Waals surface area contributed by atoms with Crippen molar-refractivity contribution >= 4 is 11.3 Å². The first-order valence-electron chi connectivity index (χ1n) is 4.51. The fraction of sp³-hybridized carbons (Fsp3) is 0.556. The Bertz CT molecular complexity index is 313. The van der Waals surface area contributed by atoms with Crippen LogP contribution in [0.3, 0.4) is 0 Å². The fourth-order valence-electron chi connectivity index (χ4n) is 1.53. The molecule has 0 spiro atoms. The summed E-state index contributed by atoms with van der Waals surface area (Å²) in [7, 11) is 0. The van der Waals surface area contributed by atoms with Crippen LogP contribution in [0.5, 0.6) is 0 Å². The van der Waals surface area contributed by atoms with Crippen LogP contribution in [0.25, 0.3) is 0 Å². The highest BCUT2D eigenvalue weighted by atomic mass is 32.1. The van der Waals surface area contributed by atoms with Gasteiger partial charge in [-0.05, 0) is 0 Å². The minimum absolute atomic E-state index is 0.204. The molecule has 2 rings (SSSR count). The van der Waals surface area contributed by atoms with Crippen LogP contribution in [0, 0.1) is 11.3 Å². The number of thiazole rings is 1. The first kappa shape index (κ1) is 9.59. The number of aromatic nitrogens is 1. The monoisotopic (exact) mass is 209 g/mol. The standard InChI is InChI=1S/C9H11N3OS/c10-5-9(8-6-14-7-11-8)12-1-3-13-4-2-12/h6-7,9H,1-4H2/t9-/m0/s1. The maximum Gasteiger partial charge on any atom is 0.141 e. The predicted molar refractivity (Wildman–Crippen MR) is 52.9 cm³/mol. The Labute approximate surface area is 86.7 Å². The topological polar surface area (TPSA) is 49.2 Å². The Hall–Kier alpha value is -0.960. The largest absolute Gasteiger partial charge is 0.379 e. The van der Waals surface area contributed by atoms with Gasteiger partial charge in [-0.3, -0.25) is 4.90 Å². The van der Waals surface area contributed by atoms with Crippen molar-refractivity contribution in [2.45, 2.75) is 6.04 Å². The van der Waals surface area contributed by atoms with Crippen molar-refractivity contribution in [2.75, 3.05) is 26.3 Å². The Morgan fingerprint density at radius 2 is 2.36 bits per heavy atom. The SMILES string of the molecule is N#C[C@@H](c1cscn1)N1CCOCC1. The predicted octanol–water partition coefficient (Wildman–Crippen LogP) is 1.04. The van der Waals surface area contributed by atoms with E-state index in [1.807, 2.05) is 5.38 Å². The summed E-state index contributed by atoms with van der Waals surface area (Å²) >= 11 is 1.53. The maximum absolute atomic E-state index is 9.08. The number of ether oxygens (including phenoxy) is 1. The van der Waals surface area contributed by atoms with E-state index in [0.29, 0.717) is 13.2 Å². The highest BCUT2D eigenvalue weighted by Gasteiger charge is 2.23. The Kier molecular flexibility index (Phi) is 3.09. The summed E-state index contributed by atoms with van der Waals surface area (Å²) in [6, 6.07) is 2.09. The molecule has 0 N–H and O–H groups in total. The zero-order chi connectivity index (χ0) is 9.80. The summed E-state index contributed by atoms with van der Waals surface area (Å²) < 4.78 is 5.24. The molecule has 5 heteroatoms. The van der Waals surface area contributed by atoms with Gasteiger partial charge in [0.05, 0.1) is 30.5 Å². The first-order valence-corrected chi connectivity index (χ1v) is 5.45. The van der Waals surface area contributed by atoms with Crippen molar-refractivity contribution in [3.05, 3.63) is 16.6 Å². The number of hydrogen-bond donors (Lipinski definition) is 0. The maximum atomic E-state index is 9.08. The molecule has 0 radical (unpaired) electrons. The van der Waals surface area contributed by atoms with Crippen LogP contribution >= 0.6 is 11.3 Å². The normalized spacial score (nSPS) is 20.2. The quantitative estimate of drug-likeness (QED) is 0.730. The Morgan fingerprint density at radius 1 is 1.57 bits per heavy atom. The zero-order valence-electron chi connectivity index (χ0n) is 7.72. The summed E-state index contributed by atoms with van der Waals surface area (Å²) in [5.41, 5.74) is 2.62. The van der Waals surface area contributed by atoms with Gasteiger partial charge in [-0.25, -0.2) is 4.98 Å². The second kappa shape index (κ2) is 4.51. The highest BCUT2D eigenvalue weighted by Crippen LogP contribution is 2.20. The van der Waals surface area contributed by atoms with Crippen molar-refractivity contribution in [3.63, 3.8) is 0 Å². The molecule has 1 atom stereocenters. The molecule has 0 unspecified atom stereocenters. The van der Waals surface area contributed by atoms with Crippen molar-refractivity contribution in [1.82, 2.24) is 9.88 Å². The lowest BCUT2D eigenvalue weighted by molar-refractivity contribution is 0.0260. The van der Waals surface area contributed by atoms with E-state index in [1.165, 1.54) is 11.3 Å². The van der Waals surface area contributed by atoms with Gasteiger partial charge in [0, 0.05) is 18.5 Å². The zero-order valence-corrected chi connectivity index (χ0v) is 8.54. The van der Waals surface area contributed by atoms with Crippen LogP contribution < -0.4 is 0 Å². The van der Waals surface area contributed by atoms with E-state index >= 15 is 0 Å². The Morgan fingerprint density at radius 3 is 2.93 bits per heavy atom. The van der Waals surface area contributed by atoms with Gasteiger partial charge >= 0.3 is 0 Å². The fourth-order valence-corrected chi connectivity index (χ4v) is 2.10. The number of rotatable bonds is 2. The average molecular weight is 209 g/mol. The number of morpholine rings is 1. The number of nitrogens with zero attached hydrogens (tertiary/aromatic N) is 3. The molecule has 14 heavy (non-hydrogen) atoms. The molecule has 0 aromatic carbocycles. The summed E-state index contributed by atoms with van der Waals surface area (Å²) in [5, 5.41) is 11.0. The van der Waals surface area contributed by atoms with E-state index in [2.05, 4.69) is 16.0 Å². The van der Waals surface area contributed by atoms with Gasteiger partial charge in [0.1, 0.15) is 6.04 Å². The molecular formula is C9H11N3OS. The molecule has 1 aromatic heterocycles. The third kappa shape index (κ3) is 1.93. The van der Waals surface area contributed by atoms with E-state index in [0.717, 1.165) is 18.8 Å². The van der Waals surface area contributed by atoms with Crippen LogP contribution in [0.15, 0.2) is 10.9 Å². The van der Waals surface area contributed by atoms with Gasteiger partial charge in [-0.2, -0.15) is 5.26 Å². The highest BCUT2D eigenvalue weighted by molar-refractivity contribution is 7.07. The van der Waals surface area contributed by atoms with Crippen LogP contribution in [0.2, 0.25) is 0 Å². The number of hydrogen-bond acceptors (Lipinski definition) is 5.